The molecule has 1 unspecified atom stereocenters. The van der Waals surface area contributed by atoms with Gasteiger partial charge in [-0.1, -0.05) is 12.1 Å². The molecule has 34 heavy (non-hydrogen) atoms. The fourth-order valence-electron chi connectivity index (χ4n) is 5.15. The second-order valence-corrected chi connectivity index (χ2v) is 10.6. The average Bonchev–Trinajstić information content (AvgIpc) is 2.82. The lowest BCUT2D eigenvalue weighted by molar-refractivity contribution is -0.0187. The lowest BCUT2D eigenvalue weighted by Crippen LogP contribution is -2.61. The normalized spacial score (nSPS) is 19.7. The molecule has 0 saturated carbocycles. The second-order valence-electron chi connectivity index (χ2n) is 10.6. The van der Waals surface area contributed by atoms with Crippen molar-refractivity contribution in [1.82, 2.24) is 25.2 Å². The molecular formula is C27H33N5O2. The molecule has 2 aliphatic heterocycles. The van der Waals surface area contributed by atoms with E-state index in [-0.39, 0.29) is 17.6 Å². The molecule has 3 aromatic rings. The van der Waals surface area contributed by atoms with E-state index in [0.29, 0.717) is 13.1 Å². The summed E-state index contributed by atoms with van der Waals surface area (Å²) in [5, 5.41) is 4.76. The van der Waals surface area contributed by atoms with E-state index in [2.05, 4.69) is 39.6 Å². The van der Waals surface area contributed by atoms with Gasteiger partial charge in [0, 0.05) is 42.8 Å². The molecule has 4 heterocycles. The summed E-state index contributed by atoms with van der Waals surface area (Å²) in [5.74, 6) is 0. The number of carbonyl (C=O) groups excluding carboxylic acids is 1. The zero-order valence-electron chi connectivity index (χ0n) is 20.3. The molecule has 1 spiro atoms. The molecule has 178 valence electrons. The van der Waals surface area contributed by atoms with Crippen LogP contribution in [0.2, 0.25) is 0 Å². The number of ether oxygens (including phenoxy) is 1. The minimum Gasteiger partial charge on any atom is -0.444 e. The number of likely N-dealkylation sites (tertiary alicyclic amines) is 1. The van der Waals surface area contributed by atoms with E-state index in [9.17, 15) is 4.79 Å². The standard InChI is InChI=1S/C27H33N5O2/c1-26(2,3)34-25(33)32-13-10-27(11-14-32)17-29-24(27)23-21-15-19(8-9-22(21)30-18-31-23)6-7-20-5-4-12-28-16-20/h4-5,8-9,12,15-16,18,24,29H,6-7,10-11,13-14,17H2,1-3H3. The van der Waals surface area contributed by atoms with Crippen molar-refractivity contribution in [2.75, 3.05) is 19.6 Å². The van der Waals surface area contributed by atoms with Gasteiger partial charge in [0.05, 0.1) is 17.3 Å². The smallest absolute Gasteiger partial charge is 0.410 e. The first-order valence-electron chi connectivity index (χ1n) is 12.2. The van der Waals surface area contributed by atoms with Crippen LogP contribution in [-0.2, 0) is 17.6 Å². The van der Waals surface area contributed by atoms with Gasteiger partial charge < -0.3 is 15.0 Å². The van der Waals surface area contributed by atoms with Gasteiger partial charge in [-0.2, -0.15) is 0 Å². The maximum Gasteiger partial charge on any atom is 0.410 e. The summed E-state index contributed by atoms with van der Waals surface area (Å²) in [5.41, 5.74) is 4.21. The Labute approximate surface area is 201 Å². The van der Waals surface area contributed by atoms with Crippen molar-refractivity contribution < 1.29 is 9.53 Å². The van der Waals surface area contributed by atoms with Crippen molar-refractivity contribution in [2.24, 2.45) is 5.41 Å². The van der Waals surface area contributed by atoms with Gasteiger partial charge in [0.15, 0.2) is 0 Å². The summed E-state index contributed by atoms with van der Waals surface area (Å²) in [7, 11) is 0. The first-order valence-corrected chi connectivity index (χ1v) is 12.2. The predicted octanol–water partition coefficient (Wildman–Crippen LogP) is 4.47. The molecule has 5 rings (SSSR count). The lowest BCUT2D eigenvalue weighted by atomic mass is 9.65. The van der Waals surface area contributed by atoms with Crippen LogP contribution in [0.15, 0.2) is 49.1 Å². The van der Waals surface area contributed by atoms with E-state index >= 15 is 0 Å². The largest absolute Gasteiger partial charge is 0.444 e. The first-order chi connectivity index (χ1) is 16.3. The average molecular weight is 460 g/mol. The van der Waals surface area contributed by atoms with Gasteiger partial charge in [-0.3, -0.25) is 4.98 Å². The summed E-state index contributed by atoms with van der Waals surface area (Å²) in [6.45, 7) is 8.11. The summed E-state index contributed by atoms with van der Waals surface area (Å²) in [4.78, 5) is 27.9. The molecule has 0 radical (unpaired) electrons. The number of hydrogen-bond acceptors (Lipinski definition) is 6. The fraction of sp³-hybridized carbons (Fsp3) is 0.481. The fourth-order valence-corrected chi connectivity index (χ4v) is 5.15. The van der Waals surface area contributed by atoms with Crippen LogP contribution in [0.25, 0.3) is 10.9 Å². The van der Waals surface area contributed by atoms with Crippen LogP contribution in [-0.4, -0.2) is 51.2 Å². The number of aryl methyl sites for hydroxylation is 2. The van der Waals surface area contributed by atoms with Crippen LogP contribution in [0.1, 0.15) is 56.5 Å². The Hall–Kier alpha value is -3.06. The zero-order chi connectivity index (χ0) is 23.8. The van der Waals surface area contributed by atoms with Crippen LogP contribution >= 0.6 is 0 Å². The molecule has 2 aromatic heterocycles. The molecule has 1 N–H and O–H groups in total. The highest BCUT2D eigenvalue weighted by molar-refractivity contribution is 5.82. The summed E-state index contributed by atoms with van der Waals surface area (Å²) < 4.78 is 5.58. The van der Waals surface area contributed by atoms with E-state index in [1.807, 2.05) is 44.1 Å². The number of carbonyl (C=O) groups is 1. The van der Waals surface area contributed by atoms with Crippen molar-refractivity contribution in [3.63, 3.8) is 0 Å². The number of piperidine rings is 1. The molecule has 7 heteroatoms. The third-order valence-electron chi connectivity index (χ3n) is 7.11. The maximum atomic E-state index is 12.5. The van der Waals surface area contributed by atoms with Crippen molar-refractivity contribution in [1.29, 1.82) is 0 Å². The third-order valence-corrected chi connectivity index (χ3v) is 7.11. The quantitative estimate of drug-likeness (QED) is 0.620. The van der Waals surface area contributed by atoms with Gasteiger partial charge in [-0.25, -0.2) is 14.8 Å². The number of nitrogens with one attached hydrogen (secondary N) is 1. The van der Waals surface area contributed by atoms with E-state index in [1.165, 1.54) is 11.1 Å². The van der Waals surface area contributed by atoms with Crippen LogP contribution < -0.4 is 5.32 Å². The molecule has 1 atom stereocenters. The number of benzene rings is 1. The molecule has 1 aromatic carbocycles. The topological polar surface area (TPSA) is 80.2 Å². The molecule has 2 saturated heterocycles. The van der Waals surface area contributed by atoms with Crippen LogP contribution in [0.5, 0.6) is 0 Å². The predicted molar refractivity (Wildman–Crippen MR) is 131 cm³/mol. The molecule has 2 aliphatic rings. The molecule has 0 bridgehead atoms. The molecule has 0 aliphatic carbocycles. The van der Waals surface area contributed by atoms with Gasteiger partial charge in [0.2, 0.25) is 0 Å². The minimum atomic E-state index is -0.471. The van der Waals surface area contributed by atoms with Crippen LogP contribution in [0.3, 0.4) is 0 Å². The Morgan fingerprint density at radius 3 is 2.62 bits per heavy atom. The number of amides is 1. The van der Waals surface area contributed by atoms with Crippen molar-refractivity contribution in [2.45, 2.75) is 58.1 Å². The summed E-state index contributed by atoms with van der Waals surface area (Å²) in [6, 6.07) is 10.8. The third kappa shape index (κ3) is 4.62. The van der Waals surface area contributed by atoms with Gasteiger partial charge in [-0.15, -0.1) is 0 Å². The van der Waals surface area contributed by atoms with Gasteiger partial charge in [0.1, 0.15) is 11.9 Å². The highest BCUT2D eigenvalue weighted by Gasteiger charge is 2.50. The number of aromatic nitrogens is 3. The van der Waals surface area contributed by atoms with E-state index in [1.54, 1.807) is 6.33 Å². The van der Waals surface area contributed by atoms with Crippen LogP contribution in [0, 0.1) is 5.41 Å². The van der Waals surface area contributed by atoms with Gasteiger partial charge in [-0.05, 0) is 75.8 Å². The number of rotatable bonds is 4. The molecular weight excluding hydrogens is 426 g/mol. The SMILES string of the molecule is CC(C)(C)OC(=O)N1CCC2(CC1)CNC2c1ncnc2ccc(CCc3cccnc3)cc12. The van der Waals surface area contributed by atoms with E-state index in [0.717, 1.165) is 48.8 Å². The maximum absolute atomic E-state index is 12.5. The van der Waals surface area contributed by atoms with E-state index in [4.69, 9.17) is 9.72 Å². The minimum absolute atomic E-state index is 0.117. The monoisotopic (exact) mass is 459 g/mol. The Morgan fingerprint density at radius 1 is 1.15 bits per heavy atom. The van der Waals surface area contributed by atoms with E-state index < -0.39 is 5.60 Å². The lowest BCUT2D eigenvalue weighted by Gasteiger charge is -2.54. The highest BCUT2D eigenvalue weighted by Crippen LogP contribution is 2.49. The van der Waals surface area contributed by atoms with Crippen molar-refractivity contribution in [3.05, 3.63) is 65.9 Å². The summed E-state index contributed by atoms with van der Waals surface area (Å²) in [6.07, 6.45) is 8.99. The van der Waals surface area contributed by atoms with Gasteiger partial charge >= 0.3 is 6.09 Å². The Kier molecular flexibility index (Phi) is 5.98. The van der Waals surface area contributed by atoms with Crippen LogP contribution in [0.4, 0.5) is 4.79 Å². The number of nitrogens with zero attached hydrogens (tertiary/aromatic N) is 4. The molecule has 2 fully saturated rings. The molecule has 7 nitrogen and oxygen atoms in total. The van der Waals surface area contributed by atoms with Gasteiger partial charge in [0.25, 0.3) is 0 Å². The first kappa shape index (κ1) is 22.7. The number of hydrogen-bond donors (Lipinski definition) is 1. The Bertz CT molecular complexity index is 1170. The van der Waals surface area contributed by atoms with Crippen molar-refractivity contribution >= 4 is 17.0 Å². The number of fused-ring (bicyclic) bond motifs is 1. The van der Waals surface area contributed by atoms with Crippen molar-refractivity contribution in [3.8, 4) is 0 Å². The molecule has 1 amide bonds. The Balaban J connectivity index is 1.32. The zero-order valence-corrected chi connectivity index (χ0v) is 20.3. The summed E-state index contributed by atoms with van der Waals surface area (Å²) >= 11 is 0. The highest BCUT2D eigenvalue weighted by atomic mass is 16.6. The Morgan fingerprint density at radius 2 is 1.94 bits per heavy atom. The second kappa shape index (κ2) is 8.95. The number of pyridine rings is 1.